The molecule has 1 unspecified atom stereocenters. The molecule has 0 saturated heterocycles. The van der Waals surface area contributed by atoms with Gasteiger partial charge < -0.3 is 9.15 Å². The van der Waals surface area contributed by atoms with E-state index in [4.69, 9.17) is 9.15 Å². The Morgan fingerprint density at radius 3 is 2.32 bits per heavy atom. The van der Waals surface area contributed by atoms with Gasteiger partial charge in [0.15, 0.2) is 0 Å². The highest BCUT2D eigenvalue weighted by atomic mass is 19.1. The Balaban J connectivity index is 1.91. The van der Waals surface area contributed by atoms with E-state index in [9.17, 15) is 4.39 Å². The highest BCUT2D eigenvalue weighted by Crippen LogP contribution is 2.37. The maximum absolute atomic E-state index is 13.8. The summed E-state index contributed by atoms with van der Waals surface area (Å²) < 4.78 is 24.7. The smallest absolute Gasteiger partial charge is 0.134 e. The molecule has 0 fully saturated rings. The number of benzene rings is 3. The van der Waals surface area contributed by atoms with Gasteiger partial charge in [-0.15, -0.1) is 0 Å². The van der Waals surface area contributed by atoms with E-state index in [2.05, 4.69) is 12.1 Å². The summed E-state index contributed by atoms with van der Waals surface area (Å²) in [5.41, 5.74) is 3.86. The van der Waals surface area contributed by atoms with Crippen LogP contribution in [0.4, 0.5) is 4.39 Å². The number of methoxy groups -OCH3 is 1. The fourth-order valence-electron chi connectivity index (χ4n) is 3.24. The zero-order chi connectivity index (χ0) is 17.2. The molecule has 3 aromatic carbocycles. The Kier molecular flexibility index (Phi) is 3.98. The lowest BCUT2D eigenvalue weighted by molar-refractivity contribution is 0.414. The number of rotatable bonds is 4. The molecular formula is C22H17FO2. The molecule has 0 aliphatic carbocycles. The zero-order valence-electron chi connectivity index (χ0n) is 13.8. The van der Waals surface area contributed by atoms with Crippen LogP contribution in [-0.2, 0) is 0 Å². The van der Waals surface area contributed by atoms with E-state index in [1.807, 2.05) is 42.5 Å². The summed E-state index contributed by atoms with van der Waals surface area (Å²) in [6.07, 6.45) is 1.73. The SMILES string of the molecule is COc1ccc(C(c2ccccc2)c2coc3ccc(F)cc23)cc1. The number of furan rings is 1. The first-order valence-corrected chi connectivity index (χ1v) is 8.12. The van der Waals surface area contributed by atoms with Gasteiger partial charge in [0, 0.05) is 16.9 Å². The molecule has 0 amide bonds. The lowest BCUT2D eigenvalue weighted by atomic mass is 9.85. The number of fused-ring (bicyclic) bond motifs is 1. The van der Waals surface area contributed by atoms with Crippen LogP contribution >= 0.6 is 0 Å². The van der Waals surface area contributed by atoms with E-state index >= 15 is 0 Å². The first-order valence-electron chi connectivity index (χ1n) is 8.12. The van der Waals surface area contributed by atoms with Crippen LogP contribution in [0.5, 0.6) is 5.75 Å². The highest BCUT2D eigenvalue weighted by molar-refractivity contribution is 5.83. The monoisotopic (exact) mass is 332 g/mol. The van der Waals surface area contributed by atoms with Crippen molar-refractivity contribution in [1.29, 1.82) is 0 Å². The zero-order valence-corrected chi connectivity index (χ0v) is 13.8. The summed E-state index contributed by atoms with van der Waals surface area (Å²) in [6.45, 7) is 0. The molecule has 0 radical (unpaired) electrons. The number of hydrogen-bond donors (Lipinski definition) is 0. The fourth-order valence-corrected chi connectivity index (χ4v) is 3.24. The second kappa shape index (κ2) is 6.44. The summed E-state index contributed by atoms with van der Waals surface area (Å²) in [7, 11) is 1.65. The molecule has 4 rings (SSSR count). The van der Waals surface area contributed by atoms with E-state index < -0.39 is 0 Å². The highest BCUT2D eigenvalue weighted by Gasteiger charge is 2.21. The molecule has 0 aliphatic heterocycles. The molecule has 0 saturated carbocycles. The van der Waals surface area contributed by atoms with Crippen molar-refractivity contribution in [2.75, 3.05) is 7.11 Å². The molecule has 1 heterocycles. The quantitative estimate of drug-likeness (QED) is 0.474. The number of hydrogen-bond acceptors (Lipinski definition) is 2. The Morgan fingerprint density at radius 2 is 1.60 bits per heavy atom. The standard InChI is InChI=1S/C22H17FO2/c1-24-18-10-7-16(8-11-18)22(15-5-3-2-4-6-15)20-14-25-21-12-9-17(23)13-19(20)21/h2-14,22H,1H3. The van der Waals surface area contributed by atoms with Crippen molar-refractivity contribution < 1.29 is 13.5 Å². The van der Waals surface area contributed by atoms with Gasteiger partial charge in [-0.3, -0.25) is 0 Å². The molecule has 2 nitrogen and oxygen atoms in total. The maximum Gasteiger partial charge on any atom is 0.134 e. The Bertz CT molecular complexity index is 988. The molecular weight excluding hydrogens is 315 g/mol. The first kappa shape index (κ1) is 15.5. The van der Waals surface area contributed by atoms with Crippen LogP contribution in [0.25, 0.3) is 11.0 Å². The van der Waals surface area contributed by atoms with Crippen LogP contribution in [0.1, 0.15) is 22.6 Å². The number of halogens is 1. The Labute approximate surface area is 145 Å². The number of ether oxygens (including phenoxy) is 1. The van der Waals surface area contributed by atoms with Gasteiger partial charge in [0.05, 0.1) is 13.4 Å². The summed E-state index contributed by atoms with van der Waals surface area (Å²) in [4.78, 5) is 0. The maximum atomic E-state index is 13.8. The van der Waals surface area contributed by atoms with Gasteiger partial charge in [-0.05, 0) is 41.5 Å². The topological polar surface area (TPSA) is 22.4 Å². The van der Waals surface area contributed by atoms with Gasteiger partial charge >= 0.3 is 0 Å². The minimum atomic E-state index is -0.267. The average Bonchev–Trinajstić information content (AvgIpc) is 3.06. The van der Waals surface area contributed by atoms with E-state index in [1.54, 1.807) is 19.4 Å². The van der Waals surface area contributed by atoms with Crippen LogP contribution in [-0.4, -0.2) is 7.11 Å². The van der Waals surface area contributed by atoms with Gasteiger partial charge in [0.25, 0.3) is 0 Å². The third-order valence-electron chi connectivity index (χ3n) is 4.46. The Hall–Kier alpha value is -3.07. The third-order valence-corrected chi connectivity index (χ3v) is 4.46. The largest absolute Gasteiger partial charge is 0.497 e. The van der Waals surface area contributed by atoms with Crippen LogP contribution in [0, 0.1) is 5.82 Å². The van der Waals surface area contributed by atoms with E-state index in [0.717, 1.165) is 27.8 Å². The molecule has 124 valence electrons. The van der Waals surface area contributed by atoms with Gasteiger partial charge in [0.1, 0.15) is 17.1 Å². The molecule has 1 atom stereocenters. The van der Waals surface area contributed by atoms with E-state index in [-0.39, 0.29) is 11.7 Å². The Morgan fingerprint density at radius 1 is 0.880 bits per heavy atom. The normalized spacial score (nSPS) is 12.2. The second-order valence-corrected chi connectivity index (χ2v) is 5.95. The second-order valence-electron chi connectivity index (χ2n) is 5.95. The summed E-state index contributed by atoms with van der Waals surface area (Å²) in [5, 5.41) is 0.796. The van der Waals surface area contributed by atoms with Crippen molar-refractivity contribution in [3.05, 3.63) is 102 Å². The minimum Gasteiger partial charge on any atom is -0.497 e. The van der Waals surface area contributed by atoms with Gasteiger partial charge in [-0.2, -0.15) is 0 Å². The lowest BCUT2D eigenvalue weighted by Crippen LogP contribution is -2.02. The van der Waals surface area contributed by atoms with Crippen LogP contribution < -0.4 is 4.74 Å². The predicted octanol–water partition coefficient (Wildman–Crippen LogP) is 5.76. The van der Waals surface area contributed by atoms with Crippen molar-refractivity contribution in [2.24, 2.45) is 0 Å². The molecule has 0 bridgehead atoms. The van der Waals surface area contributed by atoms with Crippen molar-refractivity contribution >= 4 is 11.0 Å². The third kappa shape index (κ3) is 2.89. The molecule has 0 spiro atoms. The summed E-state index contributed by atoms with van der Waals surface area (Å²) >= 11 is 0. The minimum absolute atomic E-state index is 0.0462. The van der Waals surface area contributed by atoms with Crippen LogP contribution in [0.3, 0.4) is 0 Å². The molecule has 0 aliphatic rings. The first-order chi connectivity index (χ1) is 12.3. The summed E-state index contributed by atoms with van der Waals surface area (Å²) in [5.74, 6) is 0.491. The molecule has 0 N–H and O–H groups in total. The van der Waals surface area contributed by atoms with Crippen molar-refractivity contribution in [1.82, 2.24) is 0 Å². The van der Waals surface area contributed by atoms with Crippen LogP contribution in [0.2, 0.25) is 0 Å². The van der Waals surface area contributed by atoms with Gasteiger partial charge in [-0.25, -0.2) is 4.39 Å². The lowest BCUT2D eigenvalue weighted by Gasteiger charge is -2.18. The van der Waals surface area contributed by atoms with Gasteiger partial charge in [0.2, 0.25) is 0 Å². The average molecular weight is 332 g/mol. The van der Waals surface area contributed by atoms with Crippen molar-refractivity contribution in [2.45, 2.75) is 5.92 Å². The van der Waals surface area contributed by atoms with Crippen molar-refractivity contribution in [3.63, 3.8) is 0 Å². The summed E-state index contributed by atoms with van der Waals surface area (Å²) in [6, 6.07) is 22.7. The van der Waals surface area contributed by atoms with Crippen LogP contribution in [0.15, 0.2) is 83.5 Å². The van der Waals surface area contributed by atoms with E-state index in [0.29, 0.717) is 5.58 Å². The van der Waals surface area contributed by atoms with Crippen molar-refractivity contribution in [3.8, 4) is 5.75 Å². The molecule has 1 aromatic heterocycles. The van der Waals surface area contributed by atoms with E-state index in [1.165, 1.54) is 12.1 Å². The molecule has 25 heavy (non-hydrogen) atoms. The van der Waals surface area contributed by atoms with Gasteiger partial charge in [-0.1, -0.05) is 42.5 Å². The molecule has 3 heteroatoms. The molecule has 4 aromatic rings. The predicted molar refractivity (Wildman–Crippen MR) is 96.6 cm³/mol. The fraction of sp³-hybridized carbons (Fsp3) is 0.0909.